The molecule has 0 bridgehead atoms. The first-order valence-electron chi connectivity index (χ1n) is 12.8. The van der Waals surface area contributed by atoms with Gasteiger partial charge in [0, 0.05) is 62.4 Å². The molecular formula is C27H37N8O+. The van der Waals surface area contributed by atoms with Crippen molar-refractivity contribution >= 4 is 29.6 Å². The van der Waals surface area contributed by atoms with Gasteiger partial charge >= 0.3 is 0 Å². The SMILES string of the molecule is C=CC(=O)N1CCCC(Nc2nc(N(C)C3=CCCC(N4C(C)=CC(C)N4C)=C3)nc3c2C=C[NH2+]3)C1. The zero-order valence-corrected chi connectivity index (χ0v) is 21.7. The van der Waals surface area contributed by atoms with Crippen LogP contribution in [0.5, 0.6) is 0 Å². The summed E-state index contributed by atoms with van der Waals surface area (Å²) in [5.41, 5.74) is 4.63. The number of nitrogens with zero attached hydrogens (tertiary/aromatic N) is 6. The molecule has 1 fully saturated rings. The molecule has 0 aromatic carbocycles. The number of hydrazine groups is 1. The highest BCUT2D eigenvalue weighted by atomic mass is 16.2. The van der Waals surface area contributed by atoms with E-state index >= 15 is 0 Å². The van der Waals surface area contributed by atoms with E-state index in [0.29, 0.717) is 18.5 Å². The fourth-order valence-corrected chi connectivity index (χ4v) is 5.45. The Bertz CT molecular complexity index is 1180. The number of carbonyl (C=O) groups is 1. The summed E-state index contributed by atoms with van der Waals surface area (Å²) in [7, 11) is 4.17. The van der Waals surface area contributed by atoms with Gasteiger partial charge in [-0.2, -0.15) is 9.97 Å². The summed E-state index contributed by atoms with van der Waals surface area (Å²) in [6.45, 7) is 9.44. The molecular weight excluding hydrogens is 452 g/mol. The number of aromatic nitrogens is 2. The topological polar surface area (TPSA) is 84.5 Å². The number of nitrogens with two attached hydrogens (primary N) is 1. The van der Waals surface area contributed by atoms with Crippen LogP contribution in [0, 0.1) is 0 Å². The molecule has 0 radical (unpaired) electrons. The van der Waals surface area contributed by atoms with Crippen LogP contribution < -0.4 is 15.5 Å². The van der Waals surface area contributed by atoms with Crippen molar-refractivity contribution in [2.45, 2.75) is 51.6 Å². The molecule has 1 aromatic heterocycles. The van der Waals surface area contributed by atoms with Crippen molar-refractivity contribution in [3.8, 4) is 0 Å². The molecule has 2 unspecified atom stereocenters. The van der Waals surface area contributed by atoms with Gasteiger partial charge in [-0.25, -0.2) is 5.01 Å². The number of likely N-dealkylation sites (N-methyl/N-ethyl adjacent to an activating group) is 2. The lowest BCUT2D eigenvalue weighted by molar-refractivity contribution is -0.495. The molecule has 1 amide bonds. The lowest BCUT2D eigenvalue weighted by atomic mass is 10.1. The summed E-state index contributed by atoms with van der Waals surface area (Å²) >= 11 is 0. The van der Waals surface area contributed by atoms with Gasteiger partial charge in [0.2, 0.25) is 17.7 Å². The van der Waals surface area contributed by atoms with Crippen LogP contribution >= 0.6 is 0 Å². The summed E-state index contributed by atoms with van der Waals surface area (Å²) in [4.78, 5) is 25.9. The van der Waals surface area contributed by atoms with E-state index in [-0.39, 0.29) is 11.9 Å². The predicted octanol–water partition coefficient (Wildman–Crippen LogP) is 2.70. The Morgan fingerprint density at radius 1 is 1.36 bits per heavy atom. The van der Waals surface area contributed by atoms with Gasteiger partial charge in [0.25, 0.3) is 0 Å². The maximum absolute atomic E-state index is 12.2. The molecule has 0 saturated carbocycles. The van der Waals surface area contributed by atoms with E-state index in [1.54, 1.807) is 0 Å². The number of likely N-dealkylation sites (tertiary alicyclic amines) is 1. The third kappa shape index (κ3) is 4.56. The van der Waals surface area contributed by atoms with Gasteiger partial charge in [-0.15, -0.1) is 0 Å². The number of hydrogen-bond acceptors (Lipinski definition) is 7. The zero-order valence-electron chi connectivity index (χ0n) is 21.7. The van der Waals surface area contributed by atoms with Gasteiger partial charge in [-0.05, 0) is 57.8 Å². The average Bonchev–Trinajstić information content (AvgIpc) is 3.46. The third-order valence-corrected chi connectivity index (χ3v) is 7.48. The molecule has 190 valence electrons. The normalized spacial score (nSPS) is 23.7. The van der Waals surface area contributed by atoms with Crippen LogP contribution in [-0.2, 0) is 4.79 Å². The van der Waals surface area contributed by atoms with Crippen molar-refractivity contribution in [1.82, 2.24) is 24.9 Å². The minimum Gasteiger partial charge on any atom is -0.365 e. The molecule has 5 rings (SSSR count). The Kier molecular flexibility index (Phi) is 6.68. The van der Waals surface area contributed by atoms with Gasteiger partial charge < -0.3 is 15.1 Å². The van der Waals surface area contributed by atoms with E-state index < -0.39 is 0 Å². The van der Waals surface area contributed by atoms with Crippen LogP contribution in [0.25, 0.3) is 6.08 Å². The second-order valence-corrected chi connectivity index (χ2v) is 9.97. The molecule has 9 nitrogen and oxygen atoms in total. The number of rotatable bonds is 6. The van der Waals surface area contributed by atoms with Crippen molar-refractivity contribution in [3.05, 3.63) is 59.7 Å². The smallest absolute Gasteiger partial charge is 0.246 e. The van der Waals surface area contributed by atoms with E-state index in [9.17, 15) is 4.79 Å². The van der Waals surface area contributed by atoms with Gasteiger partial charge in [0.1, 0.15) is 11.4 Å². The molecule has 1 saturated heterocycles. The molecule has 4 heterocycles. The number of allylic oxidation sites excluding steroid dienone is 4. The van der Waals surface area contributed by atoms with Crippen LogP contribution in [0.2, 0.25) is 0 Å². The monoisotopic (exact) mass is 489 g/mol. The Hall–Kier alpha value is -3.43. The number of carbonyl (C=O) groups excluding carboxylic acids is 1. The molecule has 4 aliphatic rings. The van der Waals surface area contributed by atoms with Crippen LogP contribution in [0.15, 0.2) is 54.2 Å². The number of quaternary nitrogens is 1. The van der Waals surface area contributed by atoms with E-state index in [4.69, 9.17) is 9.97 Å². The minimum atomic E-state index is -0.0157. The Labute approximate surface area is 213 Å². The quantitative estimate of drug-likeness (QED) is 0.595. The fraction of sp³-hybridized carbons (Fsp3) is 0.444. The lowest BCUT2D eigenvalue weighted by Crippen LogP contribution is -2.70. The molecule has 1 aromatic rings. The van der Waals surface area contributed by atoms with E-state index in [2.05, 4.69) is 65.9 Å². The third-order valence-electron chi connectivity index (χ3n) is 7.48. The molecule has 2 atom stereocenters. The van der Waals surface area contributed by atoms with E-state index in [1.807, 2.05) is 29.5 Å². The number of nitrogens with one attached hydrogen (secondary N) is 1. The van der Waals surface area contributed by atoms with Crippen molar-refractivity contribution in [1.29, 1.82) is 0 Å². The van der Waals surface area contributed by atoms with Crippen molar-refractivity contribution in [2.24, 2.45) is 0 Å². The summed E-state index contributed by atoms with van der Waals surface area (Å²) in [5.74, 6) is 2.37. The van der Waals surface area contributed by atoms with Crippen LogP contribution in [0.1, 0.15) is 45.1 Å². The Morgan fingerprint density at radius 3 is 2.94 bits per heavy atom. The number of anilines is 2. The van der Waals surface area contributed by atoms with Crippen LogP contribution in [-0.4, -0.2) is 70.1 Å². The second-order valence-electron chi connectivity index (χ2n) is 9.97. The summed E-state index contributed by atoms with van der Waals surface area (Å²) < 4.78 is 0. The number of piperidine rings is 1. The Morgan fingerprint density at radius 2 is 2.19 bits per heavy atom. The van der Waals surface area contributed by atoms with Crippen molar-refractivity contribution < 1.29 is 10.1 Å². The maximum Gasteiger partial charge on any atom is 0.246 e. The van der Waals surface area contributed by atoms with Crippen LogP contribution in [0.4, 0.5) is 17.6 Å². The number of hydrogen-bond donors (Lipinski definition) is 2. The van der Waals surface area contributed by atoms with Gasteiger partial charge in [0.05, 0.1) is 6.20 Å². The lowest BCUT2D eigenvalue weighted by Gasteiger charge is -2.35. The first-order valence-corrected chi connectivity index (χ1v) is 12.8. The Balaban J connectivity index is 1.39. The van der Waals surface area contributed by atoms with Gasteiger partial charge in [0.15, 0.2) is 0 Å². The first-order chi connectivity index (χ1) is 17.4. The highest BCUT2D eigenvalue weighted by molar-refractivity contribution is 5.87. The summed E-state index contributed by atoms with van der Waals surface area (Å²) in [6, 6.07) is 0.517. The van der Waals surface area contributed by atoms with Crippen LogP contribution in [0.3, 0.4) is 0 Å². The van der Waals surface area contributed by atoms with Crippen molar-refractivity contribution in [3.63, 3.8) is 0 Å². The minimum absolute atomic E-state index is 0.0157. The van der Waals surface area contributed by atoms with Gasteiger partial charge in [-0.1, -0.05) is 12.7 Å². The largest absolute Gasteiger partial charge is 0.365 e. The van der Waals surface area contributed by atoms with Gasteiger partial charge in [-0.3, -0.25) is 15.1 Å². The van der Waals surface area contributed by atoms with E-state index in [1.165, 1.54) is 17.5 Å². The van der Waals surface area contributed by atoms with E-state index in [0.717, 1.165) is 55.1 Å². The zero-order chi connectivity index (χ0) is 25.4. The first kappa shape index (κ1) is 24.3. The van der Waals surface area contributed by atoms with Crippen molar-refractivity contribution in [2.75, 3.05) is 37.4 Å². The standard InChI is InChI=1S/C27H36N8O/c1-6-24(36)34-14-8-9-20(17-34)29-26-23-12-13-28-25(23)30-27(31-26)32(4)21-10-7-11-22(16-21)35-19(3)15-18(2)33(35)5/h6,10,12-13,15-16,18,20H,1,7-9,11,14,17H2,2-5H3,(H2,28,29,30,31)/p+1. The molecule has 1 aliphatic carbocycles. The highest BCUT2D eigenvalue weighted by Crippen LogP contribution is 2.33. The highest BCUT2D eigenvalue weighted by Gasteiger charge is 2.29. The molecule has 36 heavy (non-hydrogen) atoms. The molecule has 0 spiro atoms. The average molecular weight is 490 g/mol. The summed E-state index contributed by atoms with van der Waals surface area (Å²) in [5, 5.41) is 10.3. The fourth-order valence-electron chi connectivity index (χ4n) is 5.45. The second kappa shape index (κ2) is 9.91. The number of amides is 1. The molecule has 3 aliphatic heterocycles. The molecule has 3 N–H and O–H groups in total. The molecule has 9 heteroatoms. The predicted molar refractivity (Wildman–Crippen MR) is 143 cm³/mol. The summed E-state index contributed by atoms with van der Waals surface area (Å²) in [6.07, 6.45) is 16.2. The maximum atomic E-state index is 12.2. The number of fused-ring (bicyclic) bond motifs is 1.